The zero-order valence-electron chi connectivity index (χ0n) is 7.15. The van der Waals surface area contributed by atoms with Crippen molar-refractivity contribution in [2.45, 2.75) is 31.6 Å². The summed E-state index contributed by atoms with van der Waals surface area (Å²) in [5, 5.41) is 3.06. The highest BCUT2D eigenvalue weighted by Crippen LogP contribution is 2.43. The molecule has 0 aromatic carbocycles. The molecule has 1 unspecified atom stereocenters. The van der Waals surface area contributed by atoms with Gasteiger partial charge in [-0.1, -0.05) is 6.42 Å². The molecular weight excluding hydrogens is 160 g/mol. The van der Waals surface area contributed by atoms with Crippen LogP contribution in [0.25, 0.3) is 0 Å². The molecule has 1 saturated carbocycles. The van der Waals surface area contributed by atoms with Gasteiger partial charge < -0.3 is 5.32 Å². The summed E-state index contributed by atoms with van der Waals surface area (Å²) in [5.41, 5.74) is 0. The van der Waals surface area contributed by atoms with Crippen molar-refractivity contribution in [2.24, 2.45) is 11.8 Å². The number of hydrogen-bond acceptors (Lipinski definition) is 1. The Labute approximate surface area is 71.5 Å². The second-order valence-electron chi connectivity index (χ2n) is 4.01. The van der Waals surface area contributed by atoms with Crippen LogP contribution in [0, 0.1) is 11.8 Å². The van der Waals surface area contributed by atoms with Gasteiger partial charge in [-0.15, -0.1) is 0 Å². The van der Waals surface area contributed by atoms with Crippen molar-refractivity contribution in [2.75, 3.05) is 13.1 Å². The van der Waals surface area contributed by atoms with Crippen molar-refractivity contribution < 1.29 is 8.78 Å². The largest absolute Gasteiger partial charge is 0.316 e. The van der Waals surface area contributed by atoms with E-state index in [0.29, 0.717) is 19.0 Å². The summed E-state index contributed by atoms with van der Waals surface area (Å²) in [6.07, 6.45) is 3.22. The molecule has 1 aliphatic heterocycles. The Hall–Kier alpha value is -0.180. The summed E-state index contributed by atoms with van der Waals surface area (Å²) in [7, 11) is 0. The lowest BCUT2D eigenvalue weighted by atomic mass is 9.71. The number of piperidine rings is 1. The van der Waals surface area contributed by atoms with E-state index in [0.717, 1.165) is 19.3 Å². The minimum Gasteiger partial charge on any atom is -0.316 e. The van der Waals surface area contributed by atoms with Gasteiger partial charge in [0.2, 0.25) is 0 Å². The van der Waals surface area contributed by atoms with E-state index >= 15 is 0 Å². The predicted molar refractivity (Wildman–Crippen MR) is 43.3 cm³/mol. The smallest absolute Gasteiger partial charge is 0.253 e. The summed E-state index contributed by atoms with van der Waals surface area (Å²) in [4.78, 5) is 0. The fraction of sp³-hybridized carbons (Fsp3) is 1.00. The summed E-state index contributed by atoms with van der Waals surface area (Å²) in [6, 6.07) is 0. The number of nitrogens with one attached hydrogen (secondary N) is 1. The Morgan fingerprint density at radius 1 is 1.25 bits per heavy atom. The Kier molecular flexibility index (Phi) is 2.07. The summed E-state index contributed by atoms with van der Waals surface area (Å²) in [6.45, 7) is 1.01. The maximum absolute atomic E-state index is 13.3. The van der Waals surface area contributed by atoms with Gasteiger partial charge in [0.1, 0.15) is 0 Å². The molecule has 3 heteroatoms. The van der Waals surface area contributed by atoms with Crippen molar-refractivity contribution in [1.29, 1.82) is 0 Å². The molecule has 2 rings (SSSR count). The van der Waals surface area contributed by atoms with Crippen LogP contribution in [0.1, 0.15) is 25.7 Å². The lowest BCUT2D eigenvalue weighted by Gasteiger charge is -2.41. The highest BCUT2D eigenvalue weighted by molar-refractivity contribution is 4.91. The zero-order valence-corrected chi connectivity index (χ0v) is 7.15. The minimum absolute atomic E-state index is 0.0359. The van der Waals surface area contributed by atoms with Crippen molar-refractivity contribution in [1.82, 2.24) is 5.32 Å². The van der Waals surface area contributed by atoms with E-state index in [1.165, 1.54) is 0 Å². The molecule has 0 spiro atoms. The number of hydrogen-bond donors (Lipinski definition) is 1. The van der Waals surface area contributed by atoms with Gasteiger partial charge in [0.15, 0.2) is 0 Å². The molecule has 2 fully saturated rings. The van der Waals surface area contributed by atoms with Gasteiger partial charge in [-0.25, -0.2) is 8.78 Å². The summed E-state index contributed by atoms with van der Waals surface area (Å²) >= 11 is 0. The van der Waals surface area contributed by atoms with Crippen LogP contribution >= 0.6 is 0 Å². The summed E-state index contributed by atoms with van der Waals surface area (Å²) < 4.78 is 26.6. The fourth-order valence-corrected chi connectivity index (χ4v) is 2.20. The first-order valence-corrected chi connectivity index (χ1v) is 4.79. The standard InChI is InChI=1S/C9H15F2N/c10-9(11)4-5-12-6-8(9)7-2-1-3-7/h7-8,12H,1-6H2. The molecule has 2 aliphatic rings. The molecule has 1 aliphatic carbocycles. The number of halogens is 2. The first-order chi connectivity index (χ1) is 5.70. The van der Waals surface area contributed by atoms with Crippen LogP contribution in [0.4, 0.5) is 8.78 Å². The van der Waals surface area contributed by atoms with E-state index < -0.39 is 5.92 Å². The van der Waals surface area contributed by atoms with E-state index in [1.807, 2.05) is 0 Å². The van der Waals surface area contributed by atoms with Crippen LogP contribution in [0.15, 0.2) is 0 Å². The van der Waals surface area contributed by atoms with E-state index in [1.54, 1.807) is 0 Å². The molecule has 1 atom stereocenters. The van der Waals surface area contributed by atoms with E-state index in [9.17, 15) is 8.78 Å². The van der Waals surface area contributed by atoms with Crippen LogP contribution in [-0.2, 0) is 0 Å². The highest BCUT2D eigenvalue weighted by atomic mass is 19.3. The van der Waals surface area contributed by atoms with Crippen molar-refractivity contribution >= 4 is 0 Å². The maximum atomic E-state index is 13.3. The molecule has 1 nitrogen and oxygen atoms in total. The van der Waals surface area contributed by atoms with Crippen LogP contribution < -0.4 is 5.32 Å². The maximum Gasteiger partial charge on any atom is 0.253 e. The number of alkyl halides is 2. The average molecular weight is 175 g/mol. The lowest BCUT2D eigenvalue weighted by Crippen LogP contribution is -2.49. The molecule has 0 aromatic rings. The Morgan fingerprint density at radius 2 is 2.00 bits per heavy atom. The molecule has 0 aromatic heterocycles. The van der Waals surface area contributed by atoms with Gasteiger partial charge in [-0.05, 0) is 18.8 Å². The Bertz CT molecular complexity index is 166. The minimum atomic E-state index is -2.39. The van der Waals surface area contributed by atoms with Crippen LogP contribution in [0.3, 0.4) is 0 Å². The van der Waals surface area contributed by atoms with E-state index in [2.05, 4.69) is 5.32 Å². The van der Waals surface area contributed by atoms with Gasteiger partial charge in [0, 0.05) is 25.4 Å². The molecule has 1 heterocycles. The topological polar surface area (TPSA) is 12.0 Å². The van der Waals surface area contributed by atoms with Gasteiger partial charge in [0.05, 0.1) is 0 Å². The van der Waals surface area contributed by atoms with E-state index in [4.69, 9.17) is 0 Å². The second-order valence-corrected chi connectivity index (χ2v) is 4.01. The SMILES string of the molecule is FC1(F)CCNCC1C1CCC1. The molecule has 1 saturated heterocycles. The van der Waals surface area contributed by atoms with Crippen molar-refractivity contribution in [3.8, 4) is 0 Å². The van der Waals surface area contributed by atoms with Crippen molar-refractivity contribution in [3.63, 3.8) is 0 Å². The zero-order chi connectivity index (χ0) is 8.60. The fourth-order valence-electron chi connectivity index (χ4n) is 2.20. The molecule has 70 valence electrons. The second kappa shape index (κ2) is 2.95. The molecule has 1 N–H and O–H groups in total. The van der Waals surface area contributed by atoms with Crippen molar-refractivity contribution in [3.05, 3.63) is 0 Å². The quantitative estimate of drug-likeness (QED) is 0.643. The summed E-state index contributed by atoms with van der Waals surface area (Å²) in [5.74, 6) is -2.47. The number of rotatable bonds is 1. The molecular formula is C9H15F2N. The molecule has 12 heavy (non-hydrogen) atoms. The predicted octanol–water partition coefficient (Wildman–Crippen LogP) is 2.03. The van der Waals surface area contributed by atoms with Crippen LogP contribution in [0.2, 0.25) is 0 Å². The van der Waals surface area contributed by atoms with Crippen LogP contribution in [0.5, 0.6) is 0 Å². The molecule has 0 bridgehead atoms. The third-order valence-electron chi connectivity index (χ3n) is 3.26. The van der Waals surface area contributed by atoms with E-state index in [-0.39, 0.29) is 12.3 Å². The lowest BCUT2D eigenvalue weighted by molar-refractivity contribution is -0.110. The van der Waals surface area contributed by atoms with Gasteiger partial charge in [-0.3, -0.25) is 0 Å². The van der Waals surface area contributed by atoms with Crippen LogP contribution in [-0.4, -0.2) is 19.0 Å². The first-order valence-electron chi connectivity index (χ1n) is 4.79. The first kappa shape index (κ1) is 8.42. The average Bonchev–Trinajstić information content (AvgIpc) is 1.89. The highest BCUT2D eigenvalue weighted by Gasteiger charge is 2.46. The monoisotopic (exact) mass is 175 g/mol. The normalized spacial score (nSPS) is 36.0. The Morgan fingerprint density at radius 3 is 2.50 bits per heavy atom. The molecule has 0 amide bonds. The third-order valence-corrected chi connectivity index (χ3v) is 3.26. The van der Waals surface area contributed by atoms with Gasteiger partial charge in [0.25, 0.3) is 5.92 Å². The van der Waals surface area contributed by atoms with Gasteiger partial charge in [-0.2, -0.15) is 0 Å². The molecule has 0 radical (unpaired) electrons. The third kappa shape index (κ3) is 1.35. The van der Waals surface area contributed by atoms with Gasteiger partial charge >= 0.3 is 0 Å². The Balaban J connectivity index is 2.00.